The maximum absolute atomic E-state index is 11.1. The predicted octanol–water partition coefficient (Wildman–Crippen LogP) is 1.08. The minimum Gasteiger partial charge on any atom is -0.726 e. The molecular formula is C10H18ClNO7S. The van der Waals surface area contributed by atoms with Gasteiger partial charge >= 0.3 is 7.40 Å². The van der Waals surface area contributed by atoms with Crippen LogP contribution in [0.4, 0.5) is 0 Å². The van der Waals surface area contributed by atoms with Crippen molar-refractivity contribution in [2.75, 3.05) is 12.4 Å². The first-order valence-electron chi connectivity index (χ1n) is 5.47. The highest BCUT2D eigenvalue weighted by Gasteiger charge is 2.53. The van der Waals surface area contributed by atoms with Gasteiger partial charge in [-0.05, 0) is 0 Å². The molecule has 0 aromatic carbocycles. The Bertz CT molecular complexity index is 486. The summed E-state index contributed by atoms with van der Waals surface area (Å²) in [6.07, 6.45) is 0. The second-order valence-corrected chi connectivity index (χ2v) is 5.85. The van der Waals surface area contributed by atoms with Gasteiger partial charge in [0.2, 0.25) is 10.4 Å². The first-order valence-corrected chi connectivity index (χ1v) is 7.37. The molecule has 1 heterocycles. The molecule has 0 aliphatic carbocycles. The zero-order valence-electron chi connectivity index (χ0n) is 12.5. The summed E-state index contributed by atoms with van der Waals surface area (Å²) < 4.78 is 43.6. The molecule has 0 amide bonds. The van der Waals surface area contributed by atoms with Crippen molar-refractivity contribution < 1.29 is 33.2 Å². The van der Waals surface area contributed by atoms with Crippen molar-refractivity contribution in [3.05, 3.63) is 0 Å². The number of carbonyl (C=O) groups excluding carboxylic acids is 1. The van der Waals surface area contributed by atoms with Crippen LogP contribution in [0.1, 0.15) is 29.1 Å². The summed E-state index contributed by atoms with van der Waals surface area (Å²) in [5.41, 5.74) is -0.485. The van der Waals surface area contributed by atoms with E-state index in [9.17, 15) is 4.79 Å². The summed E-state index contributed by atoms with van der Waals surface area (Å²) >= 11 is 5.87. The smallest absolute Gasteiger partial charge is 0.726 e. The average molecular weight is 332 g/mol. The number of esters is 1. The maximum atomic E-state index is 11.1. The topological polar surface area (TPSA) is 125 Å². The summed E-state index contributed by atoms with van der Waals surface area (Å²) in [6.45, 7) is 7.16. The van der Waals surface area contributed by atoms with Gasteiger partial charge in [-0.1, -0.05) is 13.8 Å². The summed E-state index contributed by atoms with van der Waals surface area (Å²) in [4.78, 5) is 15.2. The van der Waals surface area contributed by atoms with E-state index in [1.54, 1.807) is 6.92 Å². The third-order valence-corrected chi connectivity index (χ3v) is 3.16. The van der Waals surface area contributed by atoms with E-state index in [0.717, 1.165) is 0 Å². The van der Waals surface area contributed by atoms with Crippen LogP contribution in [0.2, 0.25) is 0 Å². The quantitative estimate of drug-likeness (QED) is 0.355. The molecule has 0 saturated heterocycles. The number of carbonyl (C=O) groups is 1. The highest BCUT2D eigenvalue weighted by Crippen LogP contribution is 2.39. The van der Waals surface area contributed by atoms with Crippen LogP contribution in [0.15, 0.2) is 4.99 Å². The minimum absolute atomic E-state index is 0. The summed E-state index contributed by atoms with van der Waals surface area (Å²) in [6, 6.07) is 0. The first kappa shape index (κ1) is 19.1. The molecule has 1 aliphatic rings. The Balaban J connectivity index is 0. The molecule has 118 valence electrons. The van der Waals surface area contributed by atoms with E-state index in [4.69, 9.17) is 38.6 Å². The van der Waals surface area contributed by atoms with Crippen molar-refractivity contribution in [3.63, 3.8) is 0 Å². The Kier molecular flexibility index (Phi) is 6.40. The maximum Gasteiger partial charge on any atom is 1.00 e. The standard InChI is InChI=1S/C10H16ClNO3.H2O4S/c1-7-12-6-10(14-7,15-8(2)13)9(3,4)5-11;1-5(2,3)4/h5-6H2,1-4H3;(H2,1,2,3,4). The van der Waals surface area contributed by atoms with Gasteiger partial charge in [-0.2, -0.15) is 0 Å². The summed E-state index contributed by atoms with van der Waals surface area (Å²) in [5, 5.41) is 0. The molecule has 1 unspecified atom stereocenters. The van der Waals surface area contributed by atoms with Crippen LogP contribution in [0.3, 0.4) is 0 Å². The molecule has 0 fully saturated rings. The van der Waals surface area contributed by atoms with Gasteiger partial charge in [0.25, 0.3) is 5.79 Å². The SMILES string of the molecule is CC(=O)OC1(C(C)(C)CCl)CN=C(C)O1.O=S(=O)([O-])O.[H+]. The van der Waals surface area contributed by atoms with Crippen LogP contribution in [-0.4, -0.2) is 47.6 Å². The van der Waals surface area contributed by atoms with Gasteiger partial charge in [0, 0.05) is 19.7 Å². The summed E-state index contributed by atoms with van der Waals surface area (Å²) in [5.74, 6) is -0.596. The molecule has 1 aliphatic heterocycles. The van der Waals surface area contributed by atoms with Crippen molar-refractivity contribution in [2.24, 2.45) is 10.4 Å². The fourth-order valence-corrected chi connectivity index (χ4v) is 1.60. The van der Waals surface area contributed by atoms with Crippen LogP contribution in [0.5, 0.6) is 0 Å². The van der Waals surface area contributed by atoms with Gasteiger partial charge in [-0.25, -0.2) is 13.4 Å². The average Bonchev–Trinajstić information content (AvgIpc) is 2.58. The Morgan fingerprint density at radius 1 is 1.70 bits per heavy atom. The molecular weight excluding hydrogens is 314 g/mol. The lowest BCUT2D eigenvalue weighted by atomic mass is 9.85. The van der Waals surface area contributed by atoms with Crippen molar-refractivity contribution in [3.8, 4) is 0 Å². The van der Waals surface area contributed by atoms with E-state index in [-0.39, 0.29) is 1.43 Å². The van der Waals surface area contributed by atoms with Crippen molar-refractivity contribution >= 4 is 33.9 Å². The van der Waals surface area contributed by atoms with Gasteiger partial charge in [0.15, 0.2) is 5.90 Å². The van der Waals surface area contributed by atoms with Gasteiger partial charge in [-0.15, -0.1) is 11.6 Å². The Morgan fingerprint density at radius 2 is 2.15 bits per heavy atom. The van der Waals surface area contributed by atoms with Gasteiger partial charge in [0.1, 0.15) is 6.54 Å². The number of alkyl halides is 1. The molecule has 10 heteroatoms. The fraction of sp³-hybridized carbons (Fsp3) is 0.800. The number of rotatable bonds is 3. The second kappa shape index (κ2) is 6.70. The zero-order chi connectivity index (χ0) is 16.2. The Labute approximate surface area is 124 Å². The Hall–Kier alpha value is -0.900. The molecule has 0 aromatic rings. The molecule has 0 saturated carbocycles. The first-order chi connectivity index (χ1) is 8.83. The minimum atomic E-state index is -4.92. The molecule has 1 rings (SSSR count). The number of ether oxygens (including phenoxy) is 2. The molecule has 0 radical (unpaired) electrons. The second-order valence-electron chi connectivity index (χ2n) is 4.73. The number of aliphatic imine (C=N–C) groups is 1. The van der Waals surface area contributed by atoms with Crippen molar-refractivity contribution in [1.82, 2.24) is 0 Å². The largest absolute Gasteiger partial charge is 1.00 e. The molecule has 0 spiro atoms. The van der Waals surface area contributed by atoms with Crippen molar-refractivity contribution in [1.29, 1.82) is 0 Å². The van der Waals surface area contributed by atoms with Crippen LogP contribution >= 0.6 is 11.6 Å². The lowest BCUT2D eigenvalue weighted by Gasteiger charge is -2.39. The van der Waals surface area contributed by atoms with Crippen LogP contribution < -0.4 is 0 Å². The molecule has 20 heavy (non-hydrogen) atoms. The molecule has 8 nitrogen and oxygen atoms in total. The third kappa shape index (κ3) is 6.04. The van der Waals surface area contributed by atoms with Crippen molar-refractivity contribution in [2.45, 2.75) is 33.5 Å². The molecule has 0 aromatic heterocycles. The van der Waals surface area contributed by atoms with Gasteiger partial charge < -0.3 is 14.0 Å². The summed E-state index contributed by atoms with van der Waals surface area (Å²) in [7, 11) is -4.92. The van der Waals surface area contributed by atoms with Gasteiger partial charge in [-0.3, -0.25) is 9.35 Å². The number of hydrogen-bond donors (Lipinski definition) is 1. The molecule has 1 N–H and O–H groups in total. The van der Waals surface area contributed by atoms with Crippen LogP contribution in [-0.2, 0) is 24.7 Å². The van der Waals surface area contributed by atoms with E-state index in [1.807, 2.05) is 13.8 Å². The monoisotopic (exact) mass is 331 g/mol. The predicted molar refractivity (Wildman–Crippen MR) is 71.5 cm³/mol. The molecule has 1 atom stereocenters. The van der Waals surface area contributed by atoms with E-state index >= 15 is 0 Å². The number of halogens is 1. The lowest BCUT2D eigenvalue weighted by Crippen LogP contribution is -2.52. The van der Waals surface area contributed by atoms with E-state index in [1.165, 1.54) is 6.92 Å². The molecule has 0 bridgehead atoms. The van der Waals surface area contributed by atoms with E-state index < -0.39 is 27.6 Å². The van der Waals surface area contributed by atoms with Gasteiger partial charge in [0.05, 0.1) is 5.41 Å². The zero-order valence-corrected chi connectivity index (χ0v) is 13.1. The normalized spacial score (nSPS) is 22.2. The fourth-order valence-electron chi connectivity index (χ4n) is 1.40. The van der Waals surface area contributed by atoms with E-state index in [2.05, 4.69) is 4.99 Å². The highest BCUT2D eigenvalue weighted by molar-refractivity contribution is 7.79. The number of hydrogen-bond acceptors (Lipinski definition) is 7. The lowest BCUT2D eigenvalue weighted by molar-refractivity contribution is -0.226. The van der Waals surface area contributed by atoms with E-state index in [0.29, 0.717) is 18.3 Å². The highest BCUT2D eigenvalue weighted by atomic mass is 35.5. The Morgan fingerprint density at radius 3 is 2.40 bits per heavy atom. The van der Waals surface area contributed by atoms with Crippen LogP contribution in [0.25, 0.3) is 0 Å². The third-order valence-electron chi connectivity index (χ3n) is 2.50. The number of nitrogens with zero attached hydrogens (tertiary/aromatic N) is 1. The van der Waals surface area contributed by atoms with Crippen LogP contribution in [0, 0.1) is 5.41 Å².